The smallest absolute Gasteiger partial charge is 0.224 e. The number of methoxy groups -OCH3 is 1. The third kappa shape index (κ3) is 4.18. The van der Waals surface area contributed by atoms with Gasteiger partial charge in [-0.2, -0.15) is 0 Å². The standard InChI is InChI=1S/C20H27NO2S/c1-14(2)21(15(3)4)20(22)13-17(19-11-8-12-24-19)16-9-6-7-10-18(16)23-5/h6-12,14-15,17H,13H2,1-5H3. The summed E-state index contributed by atoms with van der Waals surface area (Å²) in [5.74, 6) is 1.04. The predicted octanol–water partition coefficient (Wildman–Crippen LogP) is 4.92. The molecule has 0 aliphatic heterocycles. The maximum atomic E-state index is 13.0. The van der Waals surface area contributed by atoms with Crippen LogP contribution in [0.4, 0.5) is 0 Å². The Bertz CT molecular complexity index is 641. The van der Waals surface area contributed by atoms with Gasteiger partial charge in [0, 0.05) is 34.9 Å². The first kappa shape index (κ1) is 18.5. The molecule has 0 saturated carbocycles. The van der Waals surface area contributed by atoms with E-state index in [1.807, 2.05) is 29.2 Å². The second-order valence-corrected chi connectivity index (χ2v) is 7.48. The maximum absolute atomic E-state index is 13.0. The van der Waals surface area contributed by atoms with Crippen LogP contribution in [0.2, 0.25) is 0 Å². The van der Waals surface area contributed by atoms with E-state index in [2.05, 4.69) is 45.2 Å². The van der Waals surface area contributed by atoms with E-state index in [-0.39, 0.29) is 23.9 Å². The minimum absolute atomic E-state index is 0.0219. The van der Waals surface area contributed by atoms with Gasteiger partial charge < -0.3 is 9.64 Å². The summed E-state index contributed by atoms with van der Waals surface area (Å²) in [6, 6.07) is 12.5. The molecule has 1 aromatic carbocycles. The molecule has 2 rings (SSSR count). The van der Waals surface area contributed by atoms with E-state index < -0.39 is 0 Å². The largest absolute Gasteiger partial charge is 0.496 e. The quantitative estimate of drug-likeness (QED) is 0.712. The second kappa shape index (κ2) is 8.34. The molecule has 0 aliphatic carbocycles. The summed E-state index contributed by atoms with van der Waals surface area (Å²) in [4.78, 5) is 16.2. The summed E-state index contributed by atoms with van der Waals surface area (Å²) < 4.78 is 5.54. The number of benzene rings is 1. The van der Waals surface area contributed by atoms with E-state index in [0.717, 1.165) is 11.3 Å². The lowest BCUT2D eigenvalue weighted by Crippen LogP contribution is -2.42. The van der Waals surface area contributed by atoms with Gasteiger partial charge in [0.2, 0.25) is 5.91 Å². The molecule has 0 fully saturated rings. The molecule has 4 heteroatoms. The Morgan fingerprint density at radius 1 is 1.08 bits per heavy atom. The average molecular weight is 346 g/mol. The molecule has 0 bridgehead atoms. The van der Waals surface area contributed by atoms with Gasteiger partial charge >= 0.3 is 0 Å². The number of nitrogens with zero attached hydrogens (tertiary/aromatic N) is 1. The lowest BCUT2D eigenvalue weighted by molar-refractivity contribution is -0.135. The fourth-order valence-electron chi connectivity index (χ4n) is 3.26. The van der Waals surface area contributed by atoms with Crippen LogP contribution in [0, 0.1) is 0 Å². The Morgan fingerprint density at radius 3 is 2.29 bits per heavy atom. The number of thiophene rings is 1. The molecule has 24 heavy (non-hydrogen) atoms. The van der Waals surface area contributed by atoms with Gasteiger partial charge in [-0.25, -0.2) is 0 Å². The van der Waals surface area contributed by atoms with E-state index in [1.54, 1.807) is 18.4 Å². The SMILES string of the molecule is COc1ccccc1C(CC(=O)N(C(C)C)C(C)C)c1cccs1. The zero-order valence-corrected chi connectivity index (χ0v) is 16.0. The van der Waals surface area contributed by atoms with Crippen molar-refractivity contribution in [1.82, 2.24) is 4.90 Å². The van der Waals surface area contributed by atoms with Crippen molar-refractivity contribution in [2.45, 2.75) is 52.1 Å². The van der Waals surface area contributed by atoms with Gasteiger partial charge in [-0.1, -0.05) is 24.3 Å². The topological polar surface area (TPSA) is 29.5 Å². The summed E-state index contributed by atoms with van der Waals surface area (Å²) >= 11 is 1.69. The molecular weight excluding hydrogens is 318 g/mol. The number of para-hydroxylation sites is 1. The molecule has 130 valence electrons. The van der Waals surface area contributed by atoms with Gasteiger partial charge in [-0.15, -0.1) is 11.3 Å². The van der Waals surface area contributed by atoms with Crippen LogP contribution >= 0.6 is 11.3 Å². The molecule has 2 aromatic rings. The number of carbonyl (C=O) groups excluding carboxylic acids is 1. The highest BCUT2D eigenvalue weighted by atomic mass is 32.1. The summed E-state index contributed by atoms with van der Waals surface area (Å²) in [6.45, 7) is 8.28. The Kier molecular flexibility index (Phi) is 6.44. The van der Waals surface area contributed by atoms with E-state index in [0.29, 0.717) is 6.42 Å². The molecule has 1 atom stereocenters. The van der Waals surface area contributed by atoms with Crippen LogP contribution in [0.15, 0.2) is 41.8 Å². The molecule has 1 aromatic heterocycles. The van der Waals surface area contributed by atoms with Gasteiger partial charge in [0.1, 0.15) is 5.75 Å². The van der Waals surface area contributed by atoms with Crippen molar-refractivity contribution in [1.29, 1.82) is 0 Å². The highest BCUT2D eigenvalue weighted by Gasteiger charge is 2.27. The van der Waals surface area contributed by atoms with E-state index in [4.69, 9.17) is 4.74 Å². The molecular formula is C20H27NO2S. The van der Waals surface area contributed by atoms with Crippen molar-refractivity contribution in [2.75, 3.05) is 7.11 Å². The number of carbonyl (C=O) groups is 1. The fraction of sp³-hybridized carbons (Fsp3) is 0.450. The van der Waals surface area contributed by atoms with Crippen molar-refractivity contribution >= 4 is 17.2 Å². The van der Waals surface area contributed by atoms with Crippen molar-refractivity contribution in [3.8, 4) is 5.75 Å². The Labute approximate surface area is 149 Å². The average Bonchev–Trinajstić information content (AvgIpc) is 3.06. The van der Waals surface area contributed by atoms with Crippen molar-refractivity contribution < 1.29 is 9.53 Å². The molecule has 0 saturated heterocycles. The third-order valence-electron chi connectivity index (χ3n) is 4.18. The number of amides is 1. The number of ether oxygens (including phenoxy) is 1. The Morgan fingerprint density at radius 2 is 1.75 bits per heavy atom. The molecule has 0 aliphatic rings. The van der Waals surface area contributed by atoms with Crippen LogP contribution in [0.3, 0.4) is 0 Å². The summed E-state index contributed by atoms with van der Waals surface area (Å²) in [5.41, 5.74) is 1.07. The summed E-state index contributed by atoms with van der Waals surface area (Å²) in [6.07, 6.45) is 0.456. The molecule has 1 amide bonds. The summed E-state index contributed by atoms with van der Waals surface area (Å²) in [5, 5.41) is 2.06. The number of rotatable bonds is 7. The molecule has 0 spiro atoms. The van der Waals surface area contributed by atoms with Gasteiger partial charge in [0.25, 0.3) is 0 Å². The van der Waals surface area contributed by atoms with E-state index in [9.17, 15) is 4.79 Å². The van der Waals surface area contributed by atoms with Crippen LogP contribution in [-0.4, -0.2) is 30.0 Å². The normalized spacial score (nSPS) is 12.5. The van der Waals surface area contributed by atoms with Crippen LogP contribution < -0.4 is 4.74 Å². The number of hydrogen-bond acceptors (Lipinski definition) is 3. The van der Waals surface area contributed by atoms with Crippen molar-refractivity contribution in [3.63, 3.8) is 0 Å². The van der Waals surface area contributed by atoms with Crippen LogP contribution in [0.5, 0.6) is 5.75 Å². The second-order valence-electron chi connectivity index (χ2n) is 6.50. The molecule has 0 N–H and O–H groups in total. The van der Waals surface area contributed by atoms with E-state index >= 15 is 0 Å². The van der Waals surface area contributed by atoms with Crippen LogP contribution in [0.25, 0.3) is 0 Å². The number of hydrogen-bond donors (Lipinski definition) is 0. The Hall–Kier alpha value is -1.81. The molecule has 1 heterocycles. The highest BCUT2D eigenvalue weighted by molar-refractivity contribution is 7.10. The molecule has 0 radical (unpaired) electrons. The monoisotopic (exact) mass is 345 g/mol. The zero-order chi connectivity index (χ0) is 17.7. The third-order valence-corrected chi connectivity index (χ3v) is 5.17. The zero-order valence-electron chi connectivity index (χ0n) is 15.2. The van der Waals surface area contributed by atoms with Gasteiger partial charge in [-0.3, -0.25) is 4.79 Å². The highest BCUT2D eigenvalue weighted by Crippen LogP contribution is 2.37. The first-order valence-electron chi connectivity index (χ1n) is 8.43. The van der Waals surface area contributed by atoms with E-state index in [1.165, 1.54) is 4.88 Å². The van der Waals surface area contributed by atoms with Gasteiger partial charge in [0.15, 0.2) is 0 Å². The minimum Gasteiger partial charge on any atom is -0.496 e. The molecule has 3 nitrogen and oxygen atoms in total. The Balaban J connectivity index is 2.37. The van der Waals surface area contributed by atoms with Crippen molar-refractivity contribution in [2.24, 2.45) is 0 Å². The summed E-state index contributed by atoms with van der Waals surface area (Å²) in [7, 11) is 1.68. The lowest BCUT2D eigenvalue weighted by atomic mass is 9.92. The fourth-order valence-corrected chi connectivity index (χ4v) is 4.11. The van der Waals surface area contributed by atoms with Crippen molar-refractivity contribution in [3.05, 3.63) is 52.2 Å². The minimum atomic E-state index is 0.0219. The molecule has 1 unspecified atom stereocenters. The van der Waals surface area contributed by atoms with Gasteiger partial charge in [0.05, 0.1) is 7.11 Å². The first-order valence-corrected chi connectivity index (χ1v) is 9.31. The van der Waals surface area contributed by atoms with Crippen LogP contribution in [-0.2, 0) is 4.79 Å². The first-order chi connectivity index (χ1) is 11.5. The lowest BCUT2D eigenvalue weighted by Gasteiger charge is -2.32. The maximum Gasteiger partial charge on any atom is 0.224 e. The van der Waals surface area contributed by atoms with Crippen LogP contribution in [0.1, 0.15) is 50.5 Å². The van der Waals surface area contributed by atoms with Gasteiger partial charge in [-0.05, 0) is 45.2 Å². The predicted molar refractivity (Wildman–Crippen MR) is 101 cm³/mol.